The first-order valence-electron chi connectivity index (χ1n) is 5.30. The van der Waals surface area contributed by atoms with Crippen molar-refractivity contribution in [2.75, 3.05) is 6.54 Å². The zero-order valence-corrected chi connectivity index (χ0v) is 10.8. The molecule has 2 atom stereocenters. The molecule has 3 heteroatoms. The Morgan fingerprint density at radius 2 is 2.20 bits per heavy atom. The molecule has 0 aliphatic rings. The lowest BCUT2D eigenvalue weighted by atomic mass is 10.0. The first kappa shape index (κ1) is 12.7. The number of benzene rings is 1. The molecule has 0 radical (unpaired) electrons. The third kappa shape index (κ3) is 4.33. The van der Waals surface area contributed by atoms with E-state index in [-0.39, 0.29) is 6.10 Å². The SMILES string of the molecule is CCC(NC[C@H](C)O)c1cccc(Br)c1. The Kier molecular flexibility index (Phi) is 5.29. The largest absolute Gasteiger partial charge is 0.392 e. The molecule has 0 spiro atoms. The van der Waals surface area contributed by atoms with Crippen LogP contribution in [0.4, 0.5) is 0 Å². The van der Waals surface area contributed by atoms with Gasteiger partial charge >= 0.3 is 0 Å². The molecule has 2 N–H and O–H groups in total. The molecule has 0 saturated heterocycles. The fraction of sp³-hybridized carbons (Fsp3) is 0.500. The summed E-state index contributed by atoms with van der Waals surface area (Å²) in [6, 6.07) is 8.59. The predicted octanol–water partition coefficient (Wildman–Crippen LogP) is 2.87. The van der Waals surface area contributed by atoms with E-state index in [9.17, 15) is 5.11 Å². The number of aliphatic hydroxyl groups excluding tert-OH is 1. The van der Waals surface area contributed by atoms with Crippen LogP contribution in [-0.2, 0) is 0 Å². The lowest BCUT2D eigenvalue weighted by Crippen LogP contribution is -2.28. The van der Waals surface area contributed by atoms with Crippen LogP contribution in [-0.4, -0.2) is 17.8 Å². The lowest BCUT2D eigenvalue weighted by Gasteiger charge is -2.18. The van der Waals surface area contributed by atoms with Gasteiger partial charge in [-0.3, -0.25) is 0 Å². The second-order valence-electron chi connectivity index (χ2n) is 3.77. The molecule has 1 unspecified atom stereocenters. The van der Waals surface area contributed by atoms with Crippen LogP contribution in [0.5, 0.6) is 0 Å². The van der Waals surface area contributed by atoms with Crippen LogP contribution in [0.25, 0.3) is 0 Å². The Hall–Kier alpha value is -0.380. The first-order chi connectivity index (χ1) is 7.13. The fourth-order valence-corrected chi connectivity index (χ4v) is 1.95. The summed E-state index contributed by atoms with van der Waals surface area (Å²) < 4.78 is 1.09. The maximum Gasteiger partial charge on any atom is 0.0636 e. The molecule has 84 valence electrons. The van der Waals surface area contributed by atoms with Gasteiger partial charge in [0.2, 0.25) is 0 Å². The number of nitrogens with one attached hydrogen (secondary N) is 1. The molecule has 0 saturated carbocycles. The highest BCUT2D eigenvalue weighted by Crippen LogP contribution is 2.20. The number of aliphatic hydroxyl groups is 1. The third-order valence-corrected chi connectivity index (χ3v) is 2.81. The van der Waals surface area contributed by atoms with Crippen molar-refractivity contribution >= 4 is 15.9 Å². The van der Waals surface area contributed by atoms with Crippen molar-refractivity contribution in [2.24, 2.45) is 0 Å². The van der Waals surface area contributed by atoms with Crippen LogP contribution in [0.1, 0.15) is 31.9 Å². The molecular weight excluding hydrogens is 254 g/mol. The van der Waals surface area contributed by atoms with Gasteiger partial charge in [0.25, 0.3) is 0 Å². The summed E-state index contributed by atoms with van der Waals surface area (Å²) in [5.74, 6) is 0. The summed E-state index contributed by atoms with van der Waals surface area (Å²) in [7, 11) is 0. The van der Waals surface area contributed by atoms with Gasteiger partial charge in [-0.05, 0) is 31.0 Å². The van der Waals surface area contributed by atoms with E-state index in [1.54, 1.807) is 6.92 Å². The Bertz CT molecular complexity index is 301. The molecular formula is C12H18BrNO. The molecule has 1 rings (SSSR count). The van der Waals surface area contributed by atoms with Crippen molar-refractivity contribution in [3.05, 3.63) is 34.3 Å². The van der Waals surface area contributed by atoms with Gasteiger partial charge in [-0.25, -0.2) is 0 Å². The molecule has 0 heterocycles. The average molecular weight is 272 g/mol. The minimum absolute atomic E-state index is 0.300. The van der Waals surface area contributed by atoms with Gasteiger partial charge in [0.05, 0.1) is 6.10 Å². The molecule has 0 aromatic heterocycles. The highest BCUT2D eigenvalue weighted by atomic mass is 79.9. The average Bonchev–Trinajstić information content (AvgIpc) is 2.18. The lowest BCUT2D eigenvalue weighted by molar-refractivity contribution is 0.185. The van der Waals surface area contributed by atoms with Gasteiger partial charge in [0.15, 0.2) is 0 Å². The minimum atomic E-state index is -0.300. The van der Waals surface area contributed by atoms with Gasteiger partial charge in [-0.2, -0.15) is 0 Å². The third-order valence-electron chi connectivity index (χ3n) is 2.32. The van der Waals surface area contributed by atoms with Crippen molar-refractivity contribution in [2.45, 2.75) is 32.4 Å². The number of hydrogen-bond acceptors (Lipinski definition) is 2. The van der Waals surface area contributed by atoms with E-state index < -0.39 is 0 Å². The van der Waals surface area contributed by atoms with E-state index in [0.29, 0.717) is 12.6 Å². The van der Waals surface area contributed by atoms with E-state index >= 15 is 0 Å². The maximum atomic E-state index is 9.23. The van der Waals surface area contributed by atoms with Crippen molar-refractivity contribution in [1.29, 1.82) is 0 Å². The zero-order valence-electron chi connectivity index (χ0n) is 9.20. The molecule has 2 nitrogen and oxygen atoms in total. The van der Waals surface area contributed by atoms with E-state index in [2.05, 4.69) is 40.3 Å². The van der Waals surface area contributed by atoms with E-state index in [0.717, 1.165) is 10.9 Å². The van der Waals surface area contributed by atoms with Crippen molar-refractivity contribution in [3.63, 3.8) is 0 Å². The normalized spacial score (nSPS) is 14.9. The summed E-state index contributed by atoms with van der Waals surface area (Å²) in [4.78, 5) is 0. The van der Waals surface area contributed by atoms with Crippen molar-refractivity contribution in [1.82, 2.24) is 5.32 Å². The molecule has 15 heavy (non-hydrogen) atoms. The topological polar surface area (TPSA) is 32.3 Å². The van der Waals surface area contributed by atoms with Crippen LogP contribution < -0.4 is 5.32 Å². The van der Waals surface area contributed by atoms with Crippen molar-refractivity contribution in [3.8, 4) is 0 Å². The standard InChI is InChI=1S/C12H18BrNO/c1-3-12(14-8-9(2)15)10-5-4-6-11(13)7-10/h4-7,9,12,14-15H,3,8H2,1-2H3/t9-,12?/m0/s1. The number of halogens is 1. The summed E-state index contributed by atoms with van der Waals surface area (Å²) in [6.07, 6.45) is 0.717. The van der Waals surface area contributed by atoms with E-state index in [1.807, 2.05) is 12.1 Å². The van der Waals surface area contributed by atoms with E-state index in [4.69, 9.17) is 0 Å². The highest BCUT2D eigenvalue weighted by molar-refractivity contribution is 9.10. The zero-order chi connectivity index (χ0) is 11.3. The van der Waals surface area contributed by atoms with Gasteiger partial charge < -0.3 is 10.4 Å². The molecule has 0 aliphatic heterocycles. The number of hydrogen-bond donors (Lipinski definition) is 2. The molecule has 0 amide bonds. The second kappa shape index (κ2) is 6.26. The summed E-state index contributed by atoms with van der Waals surface area (Å²) >= 11 is 3.46. The second-order valence-corrected chi connectivity index (χ2v) is 4.69. The van der Waals surface area contributed by atoms with Crippen LogP contribution >= 0.6 is 15.9 Å². The van der Waals surface area contributed by atoms with Crippen LogP contribution in [0.2, 0.25) is 0 Å². The summed E-state index contributed by atoms with van der Waals surface area (Å²) in [6.45, 7) is 4.56. The van der Waals surface area contributed by atoms with Crippen molar-refractivity contribution < 1.29 is 5.11 Å². The Balaban J connectivity index is 2.65. The van der Waals surface area contributed by atoms with Gasteiger partial charge in [0, 0.05) is 17.1 Å². The number of rotatable bonds is 5. The molecule has 0 fully saturated rings. The van der Waals surface area contributed by atoms with Gasteiger partial charge in [-0.1, -0.05) is 35.0 Å². The van der Waals surface area contributed by atoms with Crippen LogP contribution in [0, 0.1) is 0 Å². The monoisotopic (exact) mass is 271 g/mol. The van der Waals surface area contributed by atoms with Gasteiger partial charge in [0.1, 0.15) is 0 Å². The smallest absolute Gasteiger partial charge is 0.0636 e. The Labute approximate surface area is 99.8 Å². The Morgan fingerprint density at radius 1 is 1.47 bits per heavy atom. The van der Waals surface area contributed by atoms with Crippen LogP contribution in [0.15, 0.2) is 28.7 Å². The summed E-state index contributed by atoms with van der Waals surface area (Å²) in [5, 5.41) is 12.6. The molecule has 0 bridgehead atoms. The van der Waals surface area contributed by atoms with E-state index in [1.165, 1.54) is 5.56 Å². The highest BCUT2D eigenvalue weighted by Gasteiger charge is 2.09. The van der Waals surface area contributed by atoms with Crippen LogP contribution in [0.3, 0.4) is 0 Å². The maximum absolute atomic E-state index is 9.23. The molecule has 1 aromatic rings. The van der Waals surface area contributed by atoms with Gasteiger partial charge in [-0.15, -0.1) is 0 Å². The Morgan fingerprint density at radius 3 is 2.73 bits per heavy atom. The summed E-state index contributed by atoms with van der Waals surface area (Å²) in [5.41, 5.74) is 1.26. The fourth-order valence-electron chi connectivity index (χ4n) is 1.53. The quantitative estimate of drug-likeness (QED) is 0.863. The first-order valence-corrected chi connectivity index (χ1v) is 6.09. The predicted molar refractivity (Wildman–Crippen MR) is 66.9 cm³/mol. The minimum Gasteiger partial charge on any atom is -0.392 e. The molecule has 0 aliphatic carbocycles. The molecule has 1 aromatic carbocycles.